The Hall–Kier alpha value is -2.87. The summed E-state index contributed by atoms with van der Waals surface area (Å²) in [5.74, 6) is -1.10. The van der Waals surface area contributed by atoms with Crippen molar-refractivity contribution < 1.29 is 28.6 Å². The normalized spacial score (nSPS) is 12.2. The number of rotatable bonds is 7. The largest absolute Gasteiger partial charge is 0.482 e. The molecule has 1 N–H and O–H groups in total. The smallest absolute Gasteiger partial charge is 0.344 e. The maximum Gasteiger partial charge on any atom is 0.344 e. The van der Waals surface area contributed by atoms with E-state index in [1.807, 2.05) is 25.1 Å². The number of hydrogen-bond acceptors (Lipinski definition) is 7. The van der Waals surface area contributed by atoms with Crippen LogP contribution in [0.1, 0.15) is 38.3 Å². The fourth-order valence-corrected chi connectivity index (χ4v) is 4.26. The SMILES string of the molecule is COC(=O)c1c(NC(=O)COC(=O)COc2ccc3c(c2)CCC3)sc(C)c1C. The topological polar surface area (TPSA) is 90.9 Å². The van der Waals surface area contributed by atoms with Gasteiger partial charge in [-0.1, -0.05) is 6.07 Å². The molecule has 3 rings (SSSR count). The van der Waals surface area contributed by atoms with Crippen molar-refractivity contribution in [2.75, 3.05) is 25.6 Å². The van der Waals surface area contributed by atoms with E-state index >= 15 is 0 Å². The molecule has 154 valence electrons. The summed E-state index contributed by atoms with van der Waals surface area (Å²) < 4.78 is 15.2. The predicted octanol–water partition coefficient (Wildman–Crippen LogP) is 3.20. The summed E-state index contributed by atoms with van der Waals surface area (Å²) in [5.41, 5.74) is 3.63. The molecule has 0 aliphatic heterocycles. The molecule has 1 heterocycles. The summed E-state index contributed by atoms with van der Waals surface area (Å²) in [6.07, 6.45) is 3.23. The molecule has 7 nitrogen and oxygen atoms in total. The Morgan fingerprint density at radius 1 is 1.10 bits per heavy atom. The average molecular weight is 417 g/mol. The number of nitrogens with one attached hydrogen (secondary N) is 1. The minimum atomic E-state index is -0.646. The van der Waals surface area contributed by atoms with Crippen molar-refractivity contribution in [1.82, 2.24) is 0 Å². The van der Waals surface area contributed by atoms with Gasteiger partial charge in [0.15, 0.2) is 13.2 Å². The molecule has 0 radical (unpaired) electrons. The van der Waals surface area contributed by atoms with Gasteiger partial charge in [0, 0.05) is 4.88 Å². The van der Waals surface area contributed by atoms with Gasteiger partial charge < -0.3 is 19.5 Å². The van der Waals surface area contributed by atoms with E-state index in [4.69, 9.17) is 14.2 Å². The summed E-state index contributed by atoms with van der Waals surface area (Å²) in [7, 11) is 1.28. The number of amides is 1. The average Bonchev–Trinajstić information content (AvgIpc) is 3.28. The first kappa shape index (κ1) is 20.9. The molecule has 0 saturated carbocycles. The second kappa shape index (κ2) is 9.09. The number of aryl methyl sites for hydroxylation is 3. The number of esters is 2. The number of thiophene rings is 1. The Morgan fingerprint density at radius 2 is 1.86 bits per heavy atom. The third-order valence-corrected chi connectivity index (χ3v) is 5.94. The maximum atomic E-state index is 12.1. The van der Waals surface area contributed by atoms with Crippen LogP contribution in [0, 0.1) is 13.8 Å². The molecule has 1 aromatic carbocycles. The summed E-state index contributed by atoms with van der Waals surface area (Å²) >= 11 is 1.27. The molecule has 8 heteroatoms. The highest BCUT2D eigenvalue weighted by Crippen LogP contribution is 2.32. The molecule has 0 saturated heterocycles. The molecule has 1 aliphatic carbocycles. The molecule has 0 bridgehead atoms. The number of fused-ring (bicyclic) bond motifs is 1. The lowest BCUT2D eigenvalue weighted by Gasteiger charge is -2.09. The van der Waals surface area contributed by atoms with Crippen LogP contribution in [-0.4, -0.2) is 38.2 Å². The third-order valence-electron chi connectivity index (χ3n) is 4.82. The lowest BCUT2D eigenvalue weighted by Crippen LogP contribution is -2.24. The molecule has 29 heavy (non-hydrogen) atoms. The van der Waals surface area contributed by atoms with Crippen LogP contribution in [0.25, 0.3) is 0 Å². The Bertz CT molecular complexity index is 949. The minimum absolute atomic E-state index is 0.281. The predicted molar refractivity (Wildman–Crippen MR) is 109 cm³/mol. The Kier molecular flexibility index (Phi) is 6.53. The highest BCUT2D eigenvalue weighted by molar-refractivity contribution is 7.16. The van der Waals surface area contributed by atoms with Gasteiger partial charge in [0.1, 0.15) is 10.8 Å². The molecular weight excluding hydrogens is 394 g/mol. The number of benzene rings is 1. The number of carbonyl (C=O) groups is 3. The van der Waals surface area contributed by atoms with Crippen LogP contribution in [0.15, 0.2) is 18.2 Å². The van der Waals surface area contributed by atoms with Crippen molar-refractivity contribution in [3.8, 4) is 5.75 Å². The Morgan fingerprint density at radius 3 is 2.62 bits per heavy atom. The summed E-state index contributed by atoms with van der Waals surface area (Å²) in [6, 6.07) is 5.79. The third kappa shape index (κ3) is 4.95. The number of anilines is 1. The highest BCUT2D eigenvalue weighted by atomic mass is 32.1. The zero-order valence-electron chi connectivity index (χ0n) is 16.6. The van der Waals surface area contributed by atoms with Gasteiger partial charge in [-0.15, -0.1) is 11.3 Å². The molecular formula is C21H23NO6S. The van der Waals surface area contributed by atoms with E-state index in [9.17, 15) is 14.4 Å². The van der Waals surface area contributed by atoms with Crippen LogP contribution < -0.4 is 10.1 Å². The van der Waals surface area contributed by atoms with E-state index in [1.54, 1.807) is 6.92 Å². The molecule has 1 aromatic heterocycles. The van der Waals surface area contributed by atoms with Crippen molar-refractivity contribution in [2.45, 2.75) is 33.1 Å². The van der Waals surface area contributed by atoms with Crippen LogP contribution in [-0.2, 0) is 31.9 Å². The molecule has 0 atom stereocenters. The zero-order valence-corrected chi connectivity index (χ0v) is 17.4. The van der Waals surface area contributed by atoms with Crippen molar-refractivity contribution in [1.29, 1.82) is 0 Å². The lowest BCUT2D eigenvalue weighted by molar-refractivity contribution is -0.149. The number of hydrogen-bond donors (Lipinski definition) is 1. The van der Waals surface area contributed by atoms with E-state index in [1.165, 1.54) is 29.6 Å². The Labute approximate surface area is 173 Å². The fourth-order valence-electron chi connectivity index (χ4n) is 3.19. The van der Waals surface area contributed by atoms with Crippen molar-refractivity contribution in [3.63, 3.8) is 0 Å². The zero-order chi connectivity index (χ0) is 21.0. The van der Waals surface area contributed by atoms with Gasteiger partial charge in [-0.05, 0) is 61.9 Å². The van der Waals surface area contributed by atoms with Crippen molar-refractivity contribution in [3.05, 3.63) is 45.3 Å². The van der Waals surface area contributed by atoms with E-state index in [0.717, 1.165) is 29.7 Å². The van der Waals surface area contributed by atoms with Crippen molar-refractivity contribution in [2.24, 2.45) is 0 Å². The molecule has 0 spiro atoms. The maximum absolute atomic E-state index is 12.1. The van der Waals surface area contributed by atoms with Crippen molar-refractivity contribution >= 4 is 34.2 Å². The Balaban J connectivity index is 1.49. The van der Waals surface area contributed by atoms with Crippen LogP contribution in [0.2, 0.25) is 0 Å². The van der Waals surface area contributed by atoms with E-state index in [2.05, 4.69) is 5.32 Å². The van der Waals surface area contributed by atoms with E-state index < -0.39 is 24.5 Å². The van der Waals surface area contributed by atoms with Crippen LogP contribution in [0.4, 0.5) is 5.00 Å². The fraction of sp³-hybridized carbons (Fsp3) is 0.381. The number of methoxy groups -OCH3 is 1. The summed E-state index contributed by atoms with van der Waals surface area (Å²) in [6.45, 7) is 2.88. The summed E-state index contributed by atoms with van der Waals surface area (Å²) in [4.78, 5) is 36.8. The quantitative estimate of drug-likeness (QED) is 0.696. The number of carbonyl (C=O) groups excluding carboxylic acids is 3. The second-order valence-corrected chi connectivity index (χ2v) is 7.99. The lowest BCUT2D eigenvalue weighted by atomic mass is 10.1. The molecule has 0 unspecified atom stereocenters. The molecule has 0 fully saturated rings. The number of ether oxygens (including phenoxy) is 3. The monoisotopic (exact) mass is 417 g/mol. The van der Waals surface area contributed by atoms with Crippen LogP contribution in [0.5, 0.6) is 5.75 Å². The van der Waals surface area contributed by atoms with Gasteiger partial charge in [-0.25, -0.2) is 9.59 Å². The first-order valence-corrected chi connectivity index (χ1v) is 10.1. The van der Waals surface area contributed by atoms with Gasteiger partial charge in [0.25, 0.3) is 5.91 Å². The van der Waals surface area contributed by atoms with Gasteiger partial charge in [-0.3, -0.25) is 4.79 Å². The van der Waals surface area contributed by atoms with E-state index in [-0.39, 0.29) is 6.61 Å². The summed E-state index contributed by atoms with van der Waals surface area (Å²) in [5, 5.41) is 2.98. The standard InChI is InChI=1S/C21H23NO6S/c1-12-13(2)29-20(19(12)21(25)26-3)22-17(23)10-28-18(24)11-27-16-8-7-14-5-4-6-15(14)9-16/h7-9H,4-6,10-11H2,1-3H3,(H,22,23). The van der Waals surface area contributed by atoms with E-state index in [0.29, 0.717) is 16.3 Å². The minimum Gasteiger partial charge on any atom is -0.482 e. The molecule has 1 amide bonds. The molecule has 1 aliphatic rings. The second-order valence-electron chi connectivity index (χ2n) is 6.76. The van der Waals surface area contributed by atoms with Gasteiger partial charge >= 0.3 is 11.9 Å². The van der Waals surface area contributed by atoms with Gasteiger partial charge in [0.2, 0.25) is 0 Å². The first-order chi connectivity index (χ1) is 13.9. The van der Waals surface area contributed by atoms with Crippen LogP contribution in [0.3, 0.4) is 0 Å². The van der Waals surface area contributed by atoms with Crippen LogP contribution >= 0.6 is 11.3 Å². The van der Waals surface area contributed by atoms with Gasteiger partial charge in [-0.2, -0.15) is 0 Å². The molecule has 2 aromatic rings. The highest BCUT2D eigenvalue weighted by Gasteiger charge is 2.22. The van der Waals surface area contributed by atoms with Gasteiger partial charge in [0.05, 0.1) is 12.7 Å². The first-order valence-electron chi connectivity index (χ1n) is 9.27.